The number of halogens is 2. The first-order chi connectivity index (χ1) is 3.79. The normalized spacial score (nSPS) is 8.11. The molecule has 0 aliphatic rings. The van der Waals surface area contributed by atoms with Crippen molar-refractivity contribution in [2.75, 3.05) is 5.73 Å². The van der Waals surface area contributed by atoms with Crippen LogP contribution < -0.4 is 5.73 Å². The van der Waals surface area contributed by atoms with Gasteiger partial charge in [-0.25, -0.2) is 4.98 Å². The van der Waals surface area contributed by atoms with Gasteiger partial charge >= 0.3 is 0 Å². The molecule has 2 N–H and O–H groups in total. The van der Waals surface area contributed by atoms with Crippen LogP contribution in [0.4, 0.5) is 5.82 Å². The van der Waals surface area contributed by atoms with Gasteiger partial charge in [0, 0.05) is 9.77 Å². The van der Waals surface area contributed by atoms with E-state index in [1.165, 1.54) is 0 Å². The van der Waals surface area contributed by atoms with Crippen molar-refractivity contribution >= 4 is 52.4 Å². The van der Waals surface area contributed by atoms with Crippen LogP contribution in [0, 0.1) is 3.57 Å². The Balaban J connectivity index is 0.000000640. The van der Waals surface area contributed by atoms with Crippen LogP contribution in [0.25, 0.3) is 0 Å². The molecule has 4 heteroatoms. The smallest absolute Gasteiger partial charge is 0.123 e. The number of nitrogen functional groups attached to an aromatic ring is 1. The highest BCUT2D eigenvalue weighted by Crippen LogP contribution is 2.02. The Morgan fingerprint density at radius 1 is 1.44 bits per heavy atom. The van der Waals surface area contributed by atoms with Crippen LogP contribution >= 0.6 is 46.6 Å². The quantitative estimate of drug-likeness (QED) is 0.728. The molecule has 2 nitrogen and oxygen atoms in total. The number of nitrogens with two attached hydrogens (primary N) is 1. The molecule has 0 saturated carbocycles. The second-order valence-electron chi connectivity index (χ2n) is 1.40. The minimum Gasteiger partial charge on any atom is -0.384 e. The first-order valence-electron chi connectivity index (χ1n) is 2.16. The second kappa shape index (κ2) is 4.26. The fourth-order valence-corrected chi connectivity index (χ4v) is 0.706. The van der Waals surface area contributed by atoms with Crippen LogP contribution in [-0.2, 0) is 0 Å². The molecule has 0 saturated heterocycles. The minimum absolute atomic E-state index is 0. The fraction of sp³-hybridized carbons (Fsp3) is 0. The molecule has 1 rings (SSSR count). The van der Waals surface area contributed by atoms with Gasteiger partial charge in [0.15, 0.2) is 0 Å². The molecule has 9 heavy (non-hydrogen) atoms. The standard InChI is InChI=1S/C5H5IN2.HI/c6-4-1-2-5(7)8-3-4;/h1-3H,(H2,7,8);1H. The van der Waals surface area contributed by atoms with Crippen LogP contribution in [0.3, 0.4) is 0 Å². The molecular formula is C5H6I2N2. The zero-order valence-electron chi connectivity index (χ0n) is 4.54. The summed E-state index contributed by atoms with van der Waals surface area (Å²) < 4.78 is 1.11. The molecule has 0 radical (unpaired) electrons. The SMILES string of the molecule is I.Nc1ccc(I)cn1. The average molecular weight is 348 g/mol. The largest absolute Gasteiger partial charge is 0.384 e. The third-order valence-corrected chi connectivity index (χ3v) is 1.39. The monoisotopic (exact) mass is 348 g/mol. The lowest BCUT2D eigenvalue weighted by Crippen LogP contribution is -1.87. The maximum Gasteiger partial charge on any atom is 0.123 e. The van der Waals surface area contributed by atoms with Crippen molar-refractivity contribution in [3.8, 4) is 0 Å². The average Bonchev–Trinajstić information content (AvgIpc) is 1.77. The first-order valence-corrected chi connectivity index (χ1v) is 3.24. The highest BCUT2D eigenvalue weighted by molar-refractivity contribution is 14.1. The van der Waals surface area contributed by atoms with E-state index in [0.717, 1.165) is 3.57 Å². The molecule has 0 atom stereocenters. The van der Waals surface area contributed by atoms with Gasteiger partial charge in [-0.05, 0) is 34.7 Å². The molecule has 0 aliphatic heterocycles. The Hall–Kier alpha value is 0.410. The molecule has 50 valence electrons. The van der Waals surface area contributed by atoms with Crippen LogP contribution in [-0.4, -0.2) is 4.98 Å². The summed E-state index contributed by atoms with van der Waals surface area (Å²) in [7, 11) is 0. The lowest BCUT2D eigenvalue weighted by Gasteiger charge is -1.88. The van der Waals surface area contributed by atoms with Crippen molar-refractivity contribution in [2.45, 2.75) is 0 Å². The van der Waals surface area contributed by atoms with E-state index in [1.54, 1.807) is 12.3 Å². The van der Waals surface area contributed by atoms with E-state index in [-0.39, 0.29) is 24.0 Å². The van der Waals surface area contributed by atoms with E-state index in [9.17, 15) is 0 Å². The molecule has 1 aromatic rings. The molecular weight excluding hydrogens is 342 g/mol. The van der Waals surface area contributed by atoms with Crippen molar-refractivity contribution in [1.29, 1.82) is 0 Å². The number of hydrogen-bond donors (Lipinski definition) is 1. The number of anilines is 1. The third kappa shape index (κ3) is 3.19. The van der Waals surface area contributed by atoms with Gasteiger partial charge in [0.25, 0.3) is 0 Å². The molecule has 0 bridgehead atoms. The van der Waals surface area contributed by atoms with Crippen LogP contribution in [0.1, 0.15) is 0 Å². The van der Waals surface area contributed by atoms with Gasteiger partial charge < -0.3 is 5.73 Å². The van der Waals surface area contributed by atoms with Gasteiger partial charge in [0.2, 0.25) is 0 Å². The summed E-state index contributed by atoms with van der Waals surface area (Å²) >= 11 is 2.18. The Morgan fingerprint density at radius 2 is 2.11 bits per heavy atom. The molecule has 1 heterocycles. The first kappa shape index (κ1) is 9.41. The fourth-order valence-electron chi connectivity index (χ4n) is 0.387. The lowest BCUT2D eigenvalue weighted by molar-refractivity contribution is 1.32. The predicted molar refractivity (Wildman–Crippen MR) is 56.8 cm³/mol. The minimum atomic E-state index is 0. The van der Waals surface area contributed by atoms with E-state index in [0.29, 0.717) is 5.82 Å². The van der Waals surface area contributed by atoms with Crippen molar-refractivity contribution < 1.29 is 0 Å². The van der Waals surface area contributed by atoms with Gasteiger partial charge in [0.1, 0.15) is 5.82 Å². The number of pyridine rings is 1. The van der Waals surface area contributed by atoms with Crippen molar-refractivity contribution in [3.63, 3.8) is 0 Å². The van der Waals surface area contributed by atoms with E-state index in [1.807, 2.05) is 6.07 Å². The van der Waals surface area contributed by atoms with Gasteiger partial charge in [0.05, 0.1) is 0 Å². The molecule has 0 aliphatic carbocycles. The Labute approximate surface area is 84.4 Å². The van der Waals surface area contributed by atoms with Crippen molar-refractivity contribution in [1.82, 2.24) is 4.98 Å². The molecule has 0 spiro atoms. The van der Waals surface area contributed by atoms with Gasteiger partial charge in [-0.15, -0.1) is 24.0 Å². The van der Waals surface area contributed by atoms with Crippen LogP contribution in [0.15, 0.2) is 18.3 Å². The number of rotatable bonds is 0. The summed E-state index contributed by atoms with van der Waals surface area (Å²) in [6, 6.07) is 3.70. The van der Waals surface area contributed by atoms with Gasteiger partial charge in [-0.1, -0.05) is 0 Å². The summed E-state index contributed by atoms with van der Waals surface area (Å²) in [5, 5.41) is 0. The predicted octanol–water partition coefficient (Wildman–Crippen LogP) is 1.89. The van der Waals surface area contributed by atoms with E-state index in [4.69, 9.17) is 5.73 Å². The summed E-state index contributed by atoms with van der Waals surface area (Å²) in [5.74, 6) is 0.574. The Bertz CT molecular complexity index is 152. The topological polar surface area (TPSA) is 38.9 Å². The molecule has 0 amide bonds. The lowest BCUT2D eigenvalue weighted by atomic mass is 10.5. The summed E-state index contributed by atoms with van der Waals surface area (Å²) in [5.41, 5.74) is 5.31. The van der Waals surface area contributed by atoms with Crippen LogP contribution in [0.2, 0.25) is 0 Å². The third-order valence-electron chi connectivity index (χ3n) is 0.750. The Morgan fingerprint density at radius 3 is 2.44 bits per heavy atom. The van der Waals surface area contributed by atoms with Crippen LogP contribution in [0.5, 0.6) is 0 Å². The summed E-state index contributed by atoms with van der Waals surface area (Å²) in [6.45, 7) is 0. The summed E-state index contributed by atoms with van der Waals surface area (Å²) in [6.07, 6.45) is 1.73. The van der Waals surface area contributed by atoms with Gasteiger partial charge in [-0.3, -0.25) is 0 Å². The zero-order chi connectivity index (χ0) is 5.98. The maximum atomic E-state index is 5.31. The number of hydrogen-bond acceptors (Lipinski definition) is 2. The zero-order valence-corrected chi connectivity index (χ0v) is 9.03. The molecule has 0 fully saturated rings. The molecule has 0 aromatic carbocycles. The molecule has 1 aromatic heterocycles. The molecule has 0 unspecified atom stereocenters. The van der Waals surface area contributed by atoms with Crippen molar-refractivity contribution in [2.24, 2.45) is 0 Å². The Kier molecular flexibility index (Phi) is 4.46. The van der Waals surface area contributed by atoms with E-state index < -0.39 is 0 Å². The second-order valence-corrected chi connectivity index (χ2v) is 2.65. The van der Waals surface area contributed by atoms with Crippen molar-refractivity contribution in [3.05, 3.63) is 21.9 Å². The maximum absolute atomic E-state index is 5.31. The number of nitrogens with zero attached hydrogens (tertiary/aromatic N) is 1. The van der Waals surface area contributed by atoms with Gasteiger partial charge in [-0.2, -0.15) is 0 Å². The number of aromatic nitrogens is 1. The van der Waals surface area contributed by atoms with E-state index >= 15 is 0 Å². The highest BCUT2D eigenvalue weighted by atomic mass is 127. The summed E-state index contributed by atoms with van der Waals surface area (Å²) in [4.78, 5) is 3.85. The highest BCUT2D eigenvalue weighted by Gasteiger charge is 1.83. The van der Waals surface area contributed by atoms with E-state index in [2.05, 4.69) is 27.6 Å².